The molecule has 1 aliphatic carbocycles. The summed E-state index contributed by atoms with van der Waals surface area (Å²) in [6, 6.07) is 0. The maximum Gasteiger partial charge on any atom is 0.0483 e. The molecule has 1 saturated heterocycles. The molecule has 0 bridgehead atoms. The Morgan fingerprint density at radius 1 is 1.10 bits per heavy atom. The highest BCUT2D eigenvalue weighted by Crippen LogP contribution is 2.38. The molecule has 1 aliphatic heterocycles. The van der Waals surface area contributed by atoms with Crippen molar-refractivity contribution >= 4 is 0 Å². The standard InChI is InChI=1S/C8H15NO/c1-5-9-8(2-3-8)4-7-10-6-1/h9H,1-7H2. The average Bonchev–Trinajstić information content (AvgIpc) is 2.61. The van der Waals surface area contributed by atoms with E-state index < -0.39 is 0 Å². The van der Waals surface area contributed by atoms with Crippen LogP contribution in [0.25, 0.3) is 0 Å². The zero-order chi connectivity index (χ0) is 6.86. The first-order chi connectivity index (χ1) is 4.91. The van der Waals surface area contributed by atoms with Gasteiger partial charge in [0.15, 0.2) is 0 Å². The third kappa shape index (κ3) is 1.32. The predicted octanol–water partition coefficient (Wildman–Crippen LogP) is 0.919. The molecule has 2 nitrogen and oxygen atoms in total. The highest BCUT2D eigenvalue weighted by molar-refractivity contribution is 5.01. The van der Waals surface area contributed by atoms with Gasteiger partial charge in [-0.25, -0.2) is 0 Å². The predicted molar refractivity (Wildman–Crippen MR) is 40.0 cm³/mol. The molecule has 0 atom stereocenters. The van der Waals surface area contributed by atoms with E-state index in [1.807, 2.05) is 0 Å². The molecule has 0 aromatic rings. The van der Waals surface area contributed by atoms with Gasteiger partial charge in [0.2, 0.25) is 0 Å². The molecule has 0 amide bonds. The Bertz CT molecular complexity index is 110. The Morgan fingerprint density at radius 3 is 2.80 bits per heavy atom. The largest absolute Gasteiger partial charge is 0.381 e. The van der Waals surface area contributed by atoms with E-state index in [0.717, 1.165) is 19.8 Å². The summed E-state index contributed by atoms with van der Waals surface area (Å²) >= 11 is 0. The summed E-state index contributed by atoms with van der Waals surface area (Å²) in [5.74, 6) is 0. The summed E-state index contributed by atoms with van der Waals surface area (Å²) in [7, 11) is 0. The lowest BCUT2D eigenvalue weighted by atomic mass is 10.2. The lowest BCUT2D eigenvalue weighted by Gasteiger charge is -2.20. The van der Waals surface area contributed by atoms with E-state index in [1.165, 1.54) is 25.7 Å². The van der Waals surface area contributed by atoms with Crippen LogP contribution in [-0.2, 0) is 4.74 Å². The minimum absolute atomic E-state index is 0.528. The summed E-state index contributed by atoms with van der Waals surface area (Å²) in [4.78, 5) is 0. The van der Waals surface area contributed by atoms with Crippen LogP contribution in [0.5, 0.6) is 0 Å². The summed E-state index contributed by atoms with van der Waals surface area (Å²) in [6.07, 6.45) is 5.15. The van der Waals surface area contributed by atoms with Crippen LogP contribution in [-0.4, -0.2) is 25.3 Å². The Hall–Kier alpha value is -0.0800. The maximum atomic E-state index is 5.41. The van der Waals surface area contributed by atoms with E-state index in [2.05, 4.69) is 5.32 Å². The molecule has 0 aromatic carbocycles. The fourth-order valence-electron chi connectivity index (χ4n) is 1.56. The molecule has 58 valence electrons. The molecule has 0 aromatic heterocycles. The van der Waals surface area contributed by atoms with Crippen molar-refractivity contribution in [3.8, 4) is 0 Å². The molecule has 1 heterocycles. The fourth-order valence-corrected chi connectivity index (χ4v) is 1.56. The first-order valence-electron chi connectivity index (χ1n) is 4.24. The van der Waals surface area contributed by atoms with Gasteiger partial charge in [0.1, 0.15) is 0 Å². The lowest BCUT2D eigenvalue weighted by molar-refractivity contribution is 0.106. The summed E-state index contributed by atoms with van der Waals surface area (Å²) in [5.41, 5.74) is 0.528. The van der Waals surface area contributed by atoms with E-state index in [9.17, 15) is 0 Å². The van der Waals surface area contributed by atoms with Crippen LogP contribution in [0.3, 0.4) is 0 Å². The third-order valence-electron chi connectivity index (χ3n) is 2.54. The van der Waals surface area contributed by atoms with Crippen molar-refractivity contribution in [1.82, 2.24) is 5.32 Å². The highest BCUT2D eigenvalue weighted by Gasteiger charge is 2.41. The molecule has 1 saturated carbocycles. The van der Waals surface area contributed by atoms with Gasteiger partial charge in [-0.1, -0.05) is 0 Å². The quantitative estimate of drug-likeness (QED) is 0.541. The van der Waals surface area contributed by atoms with Gasteiger partial charge in [0.05, 0.1) is 0 Å². The number of rotatable bonds is 0. The maximum absolute atomic E-state index is 5.41. The van der Waals surface area contributed by atoms with Crippen molar-refractivity contribution in [2.75, 3.05) is 19.8 Å². The van der Waals surface area contributed by atoms with Gasteiger partial charge in [-0.05, 0) is 32.2 Å². The number of nitrogens with one attached hydrogen (secondary N) is 1. The van der Waals surface area contributed by atoms with E-state index in [-0.39, 0.29) is 0 Å². The van der Waals surface area contributed by atoms with Crippen LogP contribution in [0.2, 0.25) is 0 Å². The smallest absolute Gasteiger partial charge is 0.0483 e. The Balaban J connectivity index is 1.84. The van der Waals surface area contributed by atoms with Crippen LogP contribution in [0.15, 0.2) is 0 Å². The second-order valence-corrected chi connectivity index (χ2v) is 3.42. The van der Waals surface area contributed by atoms with E-state index in [0.29, 0.717) is 5.54 Å². The molecule has 1 N–H and O–H groups in total. The second kappa shape index (κ2) is 2.51. The molecule has 2 heteroatoms. The van der Waals surface area contributed by atoms with Crippen molar-refractivity contribution in [3.05, 3.63) is 0 Å². The lowest BCUT2D eigenvalue weighted by Crippen LogP contribution is -2.35. The fraction of sp³-hybridized carbons (Fsp3) is 1.00. The number of hydrogen-bond acceptors (Lipinski definition) is 2. The van der Waals surface area contributed by atoms with Crippen molar-refractivity contribution in [2.45, 2.75) is 31.2 Å². The molecule has 2 rings (SSSR count). The third-order valence-corrected chi connectivity index (χ3v) is 2.54. The van der Waals surface area contributed by atoms with E-state index >= 15 is 0 Å². The molecule has 2 aliphatic rings. The van der Waals surface area contributed by atoms with Crippen LogP contribution in [0, 0.1) is 0 Å². The van der Waals surface area contributed by atoms with Crippen LogP contribution < -0.4 is 5.32 Å². The van der Waals surface area contributed by atoms with Crippen molar-refractivity contribution in [1.29, 1.82) is 0 Å². The van der Waals surface area contributed by atoms with Crippen molar-refractivity contribution in [2.24, 2.45) is 0 Å². The molecular formula is C8H15NO. The van der Waals surface area contributed by atoms with Crippen LogP contribution in [0.1, 0.15) is 25.7 Å². The zero-order valence-electron chi connectivity index (χ0n) is 6.36. The van der Waals surface area contributed by atoms with Gasteiger partial charge in [0, 0.05) is 18.8 Å². The van der Waals surface area contributed by atoms with Gasteiger partial charge in [-0.2, -0.15) is 0 Å². The summed E-state index contributed by atoms with van der Waals surface area (Å²) in [6.45, 7) is 3.07. The zero-order valence-corrected chi connectivity index (χ0v) is 6.36. The minimum atomic E-state index is 0.528. The van der Waals surface area contributed by atoms with Crippen molar-refractivity contribution in [3.63, 3.8) is 0 Å². The normalized spacial score (nSPS) is 31.2. The summed E-state index contributed by atoms with van der Waals surface area (Å²) < 4.78 is 5.41. The van der Waals surface area contributed by atoms with Crippen molar-refractivity contribution < 1.29 is 4.74 Å². The molecule has 0 unspecified atom stereocenters. The van der Waals surface area contributed by atoms with E-state index in [4.69, 9.17) is 4.74 Å². The Labute approximate surface area is 61.9 Å². The monoisotopic (exact) mass is 141 g/mol. The van der Waals surface area contributed by atoms with Gasteiger partial charge in [-0.15, -0.1) is 0 Å². The van der Waals surface area contributed by atoms with Crippen LogP contribution in [0.4, 0.5) is 0 Å². The molecule has 1 spiro atoms. The molecule has 10 heavy (non-hydrogen) atoms. The van der Waals surface area contributed by atoms with Gasteiger partial charge in [-0.3, -0.25) is 0 Å². The van der Waals surface area contributed by atoms with Gasteiger partial charge < -0.3 is 10.1 Å². The summed E-state index contributed by atoms with van der Waals surface area (Å²) in [5, 5.41) is 3.59. The molecule has 0 radical (unpaired) electrons. The Morgan fingerprint density at radius 2 is 2.00 bits per heavy atom. The SMILES string of the molecule is C1CNC2(CCOC1)CC2. The first kappa shape index (κ1) is 6.62. The molecule has 2 fully saturated rings. The topological polar surface area (TPSA) is 21.3 Å². The number of ether oxygens (including phenoxy) is 1. The van der Waals surface area contributed by atoms with Gasteiger partial charge >= 0.3 is 0 Å². The Kier molecular flexibility index (Phi) is 1.66. The molecular weight excluding hydrogens is 126 g/mol. The van der Waals surface area contributed by atoms with E-state index in [1.54, 1.807) is 0 Å². The average molecular weight is 141 g/mol. The minimum Gasteiger partial charge on any atom is -0.381 e. The van der Waals surface area contributed by atoms with Gasteiger partial charge in [0.25, 0.3) is 0 Å². The van der Waals surface area contributed by atoms with Crippen LogP contribution >= 0.6 is 0 Å². The second-order valence-electron chi connectivity index (χ2n) is 3.42. The number of hydrogen-bond donors (Lipinski definition) is 1. The highest BCUT2D eigenvalue weighted by atomic mass is 16.5. The first-order valence-corrected chi connectivity index (χ1v) is 4.24.